The fraction of sp³-hybridized carbons (Fsp3) is 1.00. The first kappa shape index (κ1) is 22.2. The summed E-state index contributed by atoms with van der Waals surface area (Å²) in [6.07, 6.45) is -0.0296. The molecule has 1 saturated heterocycles. The molecule has 0 aromatic heterocycles. The molecular formula is C24H39NO7. The summed E-state index contributed by atoms with van der Waals surface area (Å²) in [5.74, 6) is -0.889. The van der Waals surface area contributed by atoms with Crippen molar-refractivity contribution in [3.05, 3.63) is 0 Å². The molecule has 1 aliphatic heterocycles. The van der Waals surface area contributed by atoms with Gasteiger partial charge in [-0.05, 0) is 31.7 Å². The van der Waals surface area contributed by atoms with Crippen LogP contribution >= 0.6 is 0 Å². The van der Waals surface area contributed by atoms with Crippen molar-refractivity contribution >= 4 is 0 Å². The van der Waals surface area contributed by atoms with Crippen LogP contribution in [0.4, 0.5) is 0 Å². The quantitative estimate of drug-likeness (QED) is 0.446. The normalized spacial score (nSPS) is 62.4. The average molecular weight is 454 g/mol. The maximum absolute atomic E-state index is 12.8. The lowest BCUT2D eigenvalue weighted by Gasteiger charge is -2.69. The number of rotatable bonds is 5. The number of likely N-dealkylation sites (tertiary alicyclic amines) is 1. The van der Waals surface area contributed by atoms with E-state index in [9.17, 15) is 20.4 Å². The molecule has 8 heteroatoms. The molecule has 32 heavy (non-hydrogen) atoms. The molecular weight excluding hydrogens is 414 g/mol. The summed E-state index contributed by atoms with van der Waals surface area (Å²) < 4.78 is 17.7. The second-order valence-electron chi connectivity index (χ2n) is 11.7. The van der Waals surface area contributed by atoms with Gasteiger partial charge in [-0.3, -0.25) is 4.90 Å². The molecule has 6 rings (SSSR count). The second-order valence-corrected chi connectivity index (χ2v) is 11.7. The van der Waals surface area contributed by atoms with Gasteiger partial charge in [0.15, 0.2) is 0 Å². The Hall–Kier alpha value is -0.320. The monoisotopic (exact) mass is 453 g/mol. The molecule has 0 aromatic carbocycles. The van der Waals surface area contributed by atoms with Crippen molar-refractivity contribution in [2.45, 2.75) is 74.3 Å². The number of aliphatic hydroxyl groups is 4. The Morgan fingerprint density at radius 1 is 1.09 bits per heavy atom. The highest BCUT2D eigenvalue weighted by molar-refractivity contribution is 5.41. The van der Waals surface area contributed by atoms with E-state index in [-0.39, 0.29) is 35.7 Å². The molecule has 2 unspecified atom stereocenters. The van der Waals surface area contributed by atoms with Gasteiger partial charge < -0.3 is 34.6 Å². The van der Waals surface area contributed by atoms with Gasteiger partial charge in [-0.25, -0.2) is 0 Å². The Bertz CT molecular complexity index is 798. The van der Waals surface area contributed by atoms with E-state index in [1.54, 1.807) is 21.3 Å². The number of nitrogens with zero attached hydrogens (tertiary/aromatic N) is 1. The Kier molecular flexibility index (Phi) is 4.62. The first-order valence-electron chi connectivity index (χ1n) is 12.3. The lowest BCUT2D eigenvalue weighted by atomic mass is 9.42. The van der Waals surface area contributed by atoms with E-state index in [4.69, 9.17) is 14.2 Å². The zero-order valence-corrected chi connectivity index (χ0v) is 19.6. The van der Waals surface area contributed by atoms with E-state index in [1.807, 2.05) is 0 Å². The van der Waals surface area contributed by atoms with E-state index in [1.165, 1.54) is 0 Å². The van der Waals surface area contributed by atoms with Crippen LogP contribution in [0.2, 0.25) is 0 Å². The van der Waals surface area contributed by atoms with Crippen LogP contribution in [0.1, 0.15) is 32.6 Å². The Balaban J connectivity index is 1.67. The Morgan fingerprint density at radius 3 is 2.47 bits per heavy atom. The number of hydrogen-bond donors (Lipinski definition) is 4. The van der Waals surface area contributed by atoms with Gasteiger partial charge in [-0.2, -0.15) is 0 Å². The minimum absolute atomic E-state index is 0.102. The van der Waals surface area contributed by atoms with Gasteiger partial charge in [0.2, 0.25) is 0 Å². The molecule has 4 N–H and O–H groups in total. The number of fused-ring (bicyclic) bond motifs is 2. The number of hydrogen-bond acceptors (Lipinski definition) is 8. The summed E-state index contributed by atoms with van der Waals surface area (Å²) in [7, 11) is 4.95. The Labute approximate surface area is 189 Å². The maximum Gasteiger partial charge on any atom is 0.136 e. The molecule has 0 aromatic rings. The minimum Gasteiger partial charge on any atom is -0.392 e. The van der Waals surface area contributed by atoms with E-state index in [0.717, 1.165) is 13.0 Å². The highest BCUT2D eigenvalue weighted by Crippen LogP contribution is 2.80. The topological polar surface area (TPSA) is 112 Å². The molecule has 6 fully saturated rings. The van der Waals surface area contributed by atoms with E-state index in [2.05, 4.69) is 11.8 Å². The van der Waals surface area contributed by atoms with Crippen molar-refractivity contribution in [2.75, 3.05) is 41.0 Å². The van der Waals surface area contributed by atoms with Crippen LogP contribution in [0.3, 0.4) is 0 Å². The summed E-state index contributed by atoms with van der Waals surface area (Å²) in [5.41, 5.74) is -4.15. The van der Waals surface area contributed by atoms with Crippen LogP contribution in [0.15, 0.2) is 0 Å². The molecule has 6 aliphatic rings. The summed E-state index contributed by atoms with van der Waals surface area (Å²) >= 11 is 0. The van der Waals surface area contributed by atoms with Crippen molar-refractivity contribution < 1.29 is 34.6 Å². The lowest BCUT2D eigenvalue weighted by molar-refractivity contribution is -0.317. The average Bonchev–Trinajstić information content (AvgIpc) is 3.14. The maximum atomic E-state index is 12.8. The van der Waals surface area contributed by atoms with Gasteiger partial charge >= 0.3 is 0 Å². The SMILES string of the molecule is CCN1C[C@]2(COC)CC[C@H](O)[C@@]34C2[C@H](OC)[C@](O)([C@@H]13)[C@@]1(O)C[C@H](OC)[C@H]2C[C@@H]4C1[C@H]2O. The molecule has 0 amide bonds. The largest absolute Gasteiger partial charge is 0.392 e. The van der Waals surface area contributed by atoms with Gasteiger partial charge in [0.05, 0.1) is 37.1 Å². The fourth-order valence-corrected chi connectivity index (χ4v) is 10.7. The van der Waals surface area contributed by atoms with Crippen molar-refractivity contribution in [1.82, 2.24) is 4.90 Å². The zero-order chi connectivity index (χ0) is 22.8. The van der Waals surface area contributed by atoms with Crippen LogP contribution < -0.4 is 0 Å². The first-order valence-corrected chi connectivity index (χ1v) is 12.3. The number of ether oxygens (including phenoxy) is 3. The minimum atomic E-state index is -1.63. The second kappa shape index (κ2) is 6.66. The number of aliphatic hydroxyl groups excluding tert-OH is 2. The van der Waals surface area contributed by atoms with Crippen molar-refractivity contribution in [3.63, 3.8) is 0 Å². The highest BCUT2D eigenvalue weighted by atomic mass is 16.5. The van der Waals surface area contributed by atoms with Gasteiger partial charge in [-0.1, -0.05) is 6.92 Å². The van der Waals surface area contributed by atoms with Crippen molar-refractivity contribution in [3.8, 4) is 0 Å². The third-order valence-corrected chi connectivity index (χ3v) is 11.2. The van der Waals surface area contributed by atoms with Crippen molar-refractivity contribution in [2.24, 2.45) is 34.5 Å². The predicted molar refractivity (Wildman–Crippen MR) is 114 cm³/mol. The van der Waals surface area contributed by atoms with Crippen LogP contribution in [0.5, 0.6) is 0 Å². The van der Waals surface area contributed by atoms with Gasteiger partial charge in [0.1, 0.15) is 11.2 Å². The summed E-state index contributed by atoms with van der Waals surface area (Å²) in [6.45, 7) is 4.05. The van der Waals surface area contributed by atoms with Crippen molar-refractivity contribution in [1.29, 1.82) is 0 Å². The molecule has 0 radical (unpaired) electrons. The molecule has 1 spiro atoms. The third kappa shape index (κ3) is 1.99. The van der Waals surface area contributed by atoms with Gasteiger partial charge in [0, 0.05) is 62.9 Å². The smallest absolute Gasteiger partial charge is 0.136 e. The molecule has 5 aliphatic carbocycles. The molecule has 13 atom stereocenters. The molecule has 1 heterocycles. The lowest BCUT2D eigenvalue weighted by Crippen LogP contribution is -2.81. The van der Waals surface area contributed by atoms with Crippen LogP contribution in [-0.4, -0.2) is 108 Å². The number of piperidine rings is 1. The number of methoxy groups -OCH3 is 3. The Morgan fingerprint density at radius 2 is 1.84 bits per heavy atom. The summed E-state index contributed by atoms with van der Waals surface area (Å²) in [6, 6.07) is -0.442. The van der Waals surface area contributed by atoms with Gasteiger partial charge in [0.25, 0.3) is 0 Å². The zero-order valence-electron chi connectivity index (χ0n) is 19.6. The van der Waals surface area contributed by atoms with Gasteiger partial charge in [-0.15, -0.1) is 0 Å². The standard InChI is InChI=1S/C24H39NO7/c1-5-25-10-21(11-30-2)7-6-15(26)23-13-8-12-14(31-3)9-22(28,16(13)17(12)27)24(29,20(23)25)19(32-4)18(21)23/h12-20,26-29H,5-11H2,1-4H3/t12-,13-,14+,15+,16?,17+,18?,19+,20+,21+,22-,23+,24+/m1/s1. The molecule has 8 nitrogen and oxygen atoms in total. The molecule has 5 saturated carbocycles. The molecule has 7 bridgehead atoms. The molecule has 182 valence electrons. The van der Waals surface area contributed by atoms with Crippen LogP contribution in [-0.2, 0) is 14.2 Å². The van der Waals surface area contributed by atoms with Crippen LogP contribution in [0, 0.1) is 34.5 Å². The van der Waals surface area contributed by atoms with E-state index < -0.39 is 46.9 Å². The van der Waals surface area contributed by atoms with Crippen LogP contribution in [0.25, 0.3) is 0 Å². The highest BCUT2D eigenvalue weighted by Gasteiger charge is 2.91. The van der Waals surface area contributed by atoms with E-state index >= 15 is 0 Å². The summed E-state index contributed by atoms with van der Waals surface area (Å²) in [5, 5.41) is 48.5. The van der Waals surface area contributed by atoms with E-state index in [0.29, 0.717) is 26.0 Å². The predicted octanol–water partition coefficient (Wildman–Crippen LogP) is -0.383. The first-order chi connectivity index (χ1) is 15.2. The number of likely N-dealkylation sites (N-methyl/N-ethyl adjacent to an activating group) is 1. The fourth-order valence-electron chi connectivity index (χ4n) is 10.7. The summed E-state index contributed by atoms with van der Waals surface area (Å²) in [4.78, 5) is 2.28. The third-order valence-electron chi connectivity index (χ3n) is 11.2.